The fourth-order valence-corrected chi connectivity index (χ4v) is 6.26. The van der Waals surface area contributed by atoms with Crippen LogP contribution in [0.5, 0.6) is 0 Å². The molecule has 60 heavy (non-hydrogen) atoms. The van der Waals surface area contributed by atoms with Gasteiger partial charge in [-0.2, -0.15) is 39.5 Å². The molecule has 3 heterocycles. The van der Waals surface area contributed by atoms with Gasteiger partial charge in [-0.25, -0.2) is 0 Å². The summed E-state index contributed by atoms with van der Waals surface area (Å²) in [5, 5.41) is 0. The zero-order valence-electron chi connectivity index (χ0n) is 33.6. The van der Waals surface area contributed by atoms with Gasteiger partial charge >= 0.3 is 18.5 Å². The van der Waals surface area contributed by atoms with E-state index in [1.54, 1.807) is 72.8 Å². The topological polar surface area (TPSA) is 66.0 Å². The smallest absolute Gasteiger partial charge is 0.356 e. The van der Waals surface area contributed by atoms with Crippen molar-refractivity contribution in [3.63, 3.8) is 0 Å². The van der Waals surface area contributed by atoms with Gasteiger partial charge in [0.25, 0.3) is 0 Å². The lowest BCUT2D eigenvalue weighted by molar-refractivity contribution is -0.138. The van der Waals surface area contributed by atoms with Crippen LogP contribution in [0.3, 0.4) is 0 Å². The molecule has 3 aromatic heterocycles. The maximum absolute atomic E-state index is 12.8. The van der Waals surface area contributed by atoms with Crippen molar-refractivity contribution in [3.05, 3.63) is 174 Å². The highest BCUT2D eigenvalue weighted by atomic mass is 19.4. The van der Waals surface area contributed by atoms with E-state index >= 15 is 0 Å². The Labute approximate surface area is 339 Å². The zero-order chi connectivity index (χ0) is 44.9. The number of aromatic nitrogens is 3. The molecule has 0 aliphatic rings. The Balaban J connectivity index is 0.000000199. The largest absolute Gasteiger partial charge is 0.416 e. The molecule has 0 aliphatic heterocycles. The lowest BCUT2D eigenvalue weighted by Gasteiger charge is -2.12. The van der Waals surface area contributed by atoms with E-state index in [0.717, 1.165) is 36.4 Å². The van der Waals surface area contributed by atoms with Gasteiger partial charge in [-0.1, -0.05) is 57.2 Å². The fraction of sp³-hybridized carbons (Fsp3) is 0.267. The minimum atomic E-state index is -4.42. The molecule has 0 amide bonds. The molecule has 15 heteroatoms. The highest BCUT2D eigenvalue weighted by Crippen LogP contribution is 2.34. The van der Waals surface area contributed by atoms with E-state index in [0.29, 0.717) is 23.1 Å². The van der Waals surface area contributed by atoms with Gasteiger partial charge in [-0.05, 0) is 72.4 Å². The van der Waals surface area contributed by atoms with E-state index < -0.39 is 35.2 Å². The van der Waals surface area contributed by atoms with Crippen molar-refractivity contribution in [1.29, 1.82) is 0 Å². The van der Waals surface area contributed by atoms with Gasteiger partial charge in [0.1, 0.15) is 0 Å². The Morgan fingerprint density at radius 3 is 1.22 bits per heavy atom. The second-order valence-electron chi connectivity index (χ2n) is 14.4. The summed E-state index contributed by atoms with van der Waals surface area (Å²) in [6.07, 6.45) is -3.01. The monoisotopic (exact) mass is 843 g/mol. The molecule has 0 unspecified atom stereocenters. The molecular weight excluding hydrogens is 801 g/mol. The predicted molar refractivity (Wildman–Crippen MR) is 215 cm³/mol. The minimum absolute atomic E-state index is 0.00875. The first-order chi connectivity index (χ1) is 27.8. The summed E-state index contributed by atoms with van der Waals surface area (Å²) < 4.78 is 120. The number of benzene rings is 3. The molecule has 3 aromatic carbocycles. The number of aryl methyl sites for hydroxylation is 5. The third-order valence-electron chi connectivity index (χ3n) is 9.25. The molecule has 6 rings (SSSR count). The van der Waals surface area contributed by atoms with Gasteiger partial charge in [-0.15, -0.1) is 0 Å². The molecule has 0 aliphatic carbocycles. The Kier molecular flexibility index (Phi) is 14.3. The van der Waals surface area contributed by atoms with Crippen LogP contribution in [-0.4, -0.2) is 13.7 Å². The van der Waals surface area contributed by atoms with Gasteiger partial charge < -0.3 is 13.7 Å². The summed E-state index contributed by atoms with van der Waals surface area (Å²) in [4.78, 5) is 36.6. The van der Waals surface area contributed by atoms with E-state index in [4.69, 9.17) is 0 Å². The molecule has 318 valence electrons. The molecule has 0 bridgehead atoms. The average molecular weight is 844 g/mol. The molecule has 6 aromatic rings. The lowest BCUT2D eigenvalue weighted by Crippen LogP contribution is -2.16. The first-order valence-electron chi connectivity index (χ1n) is 18.4. The standard InChI is InChI=1S/C16H16F3NO.C15H14F3NO.C14H12F3NO/c1-10(2)13-8-20(3)9-14(15(13)21)11-5-4-6-12(7-11)16(17,18)19;1-3-10-8-19(2)9-13(14(10)20)11-5-4-6-12(7-11)15(16,17)18;1-9-7-18(2)8-12(13(9)19)10-4-3-5-11(6-10)14(15,16)17/h4-10H,1-3H3;4-9H,3H2,1-2H3;3-8H,1-2H3. The third-order valence-corrected chi connectivity index (χ3v) is 9.25. The predicted octanol–water partition coefficient (Wildman–Crippen LogP) is 11.2. The SMILES string of the molecule is CC(C)c1cn(C)cc(-c2cccc(C(F)(F)F)c2)c1=O.CCc1cn(C)cc(-c2cccc(C(F)(F)F)c2)c1=O.Cc1cn(C)cc(-c2cccc(C(F)(F)F)c2)c1=O. The van der Waals surface area contributed by atoms with E-state index in [2.05, 4.69) is 0 Å². The number of hydrogen-bond donors (Lipinski definition) is 0. The van der Waals surface area contributed by atoms with Gasteiger partial charge in [0.15, 0.2) is 16.3 Å². The Morgan fingerprint density at radius 1 is 0.500 bits per heavy atom. The third kappa shape index (κ3) is 11.5. The normalized spacial score (nSPS) is 11.8. The molecule has 6 nitrogen and oxygen atoms in total. The number of alkyl halides is 9. The summed E-state index contributed by atoms with van der Waals surface area (Å²) in [6.45, 7) is 7.24. The van der Waals surface area contributed by atoms with E-state index in [-0.39, 0.29) is 55.6 Å². The summed E-state index contributed by atoms with van der Waals surface area (Å²) >= 11 is 0. The molecule has 0 spiro atoms. The second kappa shape index (κ2) is 18.4. The fourth-order valence-electron chi connectivity index (χ4n) is 6.26. The second-order valence-corrected chi connectivity index (χ2v) is 14.4. The van der Waals surface area contributed by atoms with Crippen LogP contribution in [0.15, 0.2) is 124 Å². The number of rotatable bonds is 5. The maximum Gasteiger partial charge on any atom is 0.416 e. The summed E-state index contributed by atoms with van der Waals surface area (Å²) in [7, 11) is 5.22. The zero-order valence-corrected chi connectivity index (χ0v) is 33.6. The molecule has 0 saturated carbocycles. The van der Waals surface area contributed by atoms with E-state index in [9.17, 15) is 53.9 Å². The summed E-state index contributed by atoms with van der Waals surface area (Å²) in [5.74, 6) is 0.00875. The van der Waals surface area contributed by atoms with E-state index in [1.165, 1.54) is 42.6 Å². The molecule has 0 radical (unpaired) electrons. The number of halogens is 9. The van der Waals surface area contributed by atoms with Crippen molar-refractivity contribution in [2.24, 2.45) is 21.1 Å². The van der Waals surface area contributed by atoms with Crippen LogP contribution < -0.4 is 16.3 Å². The van der Waals surface area contributed by atoms with Crippen molar-refractivity contribution in [2.45, 2.75) is 58.6 Å². The first kappa shape index (κ1) is 46.6. The van der Waals surface area contributed by atoms with Gasteiger partial charge in [0.05, 0.1) is 16.7 Å². The van der Waals surface area contributed by atoms with Crippen LogP contribution in [0.25, 0.3) is 33.4 Å². The first-order valence-corrected chi connectivity index (χ1v) is 18.4. The van der Waals surface area contributed by atoms with E-state index in [1.807, 2.05) is 20.8 Å². The van der Waals surface area contributed by atoms with Gasteiger partial charge in [0, 0.05) is 91.7 Å². The highest BCUT2D eigenvalue weighted by Gasteiger charge is 2.32. The van der Waals surface area contributed by atoms with Crippen LogP contribution in [0.1, 0.15) is 60.1 Å². The molecule has 0 N–H and O–H groups in total. The number of nitrogens with zero attached hydrogens (tertiary/aromatic N) is 3. The number of pyridine rings is 3. The summed E-state index contributed by atoms with van der Waals surface area (Å²) in [6, 6.07) is 14.5. The Hall–Kier alpha value is -6.12. The van der Waals surface area contributed by atoms with Crippen molar-refractivity contribution >= 4 is 0 Å². The lowest BCUT2D eigenvalue weighted by atomic mass is 9.98. The minimum Gasteiger partial charge on any atom is -0.356 e. The van der Waals surface area contributed by atoms with Crippen LogP contribution in [0.2, 0.25) is 0 Å². The number of hydrogen-bond acceptors (Lipinski definition) is 3. The van der Waals surface area contributed by atoms with Crippen molar-refractivity contribution in [1.82, 2.24) is 13.7 Å². The van der Waals surface area contributed by atoms with Crippen molar-refractivity contribution in [2.75, 3.05) is 0 Å². The highest BCUT2D eigenvalue weighted by molar-refractivity contribution is 5.66. The summed E-state index contributed by atoms with van der Waals surface area (Å²) in [5.41, 5.74) is 0.422. The van der Waals surface area contributed by atoms with Crippen LogP contribution in [0, 0.1) is 6.92 Å². The van der Waals surface area contributed by atoms with Crippen LogP contribution in [0.4, 0.5) is 39.5 Å². The quantitative estimate of drug-likeness (QED) is 0.162. The van der Waals surface area contributed by atoms with Crippen LogP contribution >= 0.6 is 0 Å². The van der Waals surface area contributed by atoms with Crippen molar-refractivity contribution < 1.29 is 39.5 Å². The molecule has 0 fully saturated rings. The van der Waals surface area contributed by atoms with Crippen molar-refractivity contribution in [3.8, 4) is 33.4 Å². The Bertz CT molecular complexity index is 2650. The molecule has 0 atom stereocenters. The van der Waals surface area contributed by atoms with Gasteiger partial charge in [0.2, 0.25) is 0 Å². The average Bonchev–Trinajstić information content (AvgIpc) is 3.17. The maximum atomic E-state index is 12.8. The van der Waals surface area contributed by atoms with Gasteiger partial charge in [-0.3, -0.25) is 14.4 Å². The molecular formula is C45H42F9N3O3. The molecule has 0 saturated heterocycles. The Morgan fingerprint density at radius 2 is 0.850 bits per heavy atom. The van der Waals surface area contributed by atoms with Crippen LogP contribution in [-0.2, 0) is 46.1 Å².